The van der Waals surface area contributed by atoms with E-state index in [2.05, 4.69) is 20.3 Å². The molecule has 0 radical (unpaired) electrons. The third-order valence-electron chi connectivity index (χ3n) is 3.55. The van der Waals surface area contributed by atoms with Crippen molar-refractivity contribution >= 4 is 17.7 Å². The molecular formula is C17H20N6O2. The summed E-state index contributed by atoms with van der Waals surface area (Å²) in [6.45, 7) is 5.70. The zero-order chi connectivity index (χ0) is 18.6. The van der Waals surface area contributed by atoms with Gasteiger partial charge in [0.1, 0.15) is 17.5 Å². The number of nitriles is 1. The van der Waals surface area contributed by atoms with Crippen LogP contribution < -0.4 is 11.1 Å². The van der Waals surface area contributed by atoms with Gasteiger partial charge in [-0.2, -0.15) is 5.26 Å². The van der Waals surface area contributed by atoms with Gasteiger partial charge in [-0.05, 0) is 19.9 Å². The summed E-state index contributed by atoms with van der Waals surface area (Å²) in [4.78, 5) is 23.6. The number of aromatic nitrogens is 3. The monoisotopic (exact) mass is 340 g/mol. The average molecular weight is 340 g/mol. The van der Waals surface area contributed by atoms with E-state index in [0.717, 1.165) is 0 Å². The first-order chi connectivity index (χ1) is 11.8. The van der Waals surface area contributed by atoms with E-state index in [9.17, 15) is 10.1 Å². The molecule has 0 aliphatic carbocycles. The summed E-state index contributed by atoms with van der Waals surface area (Å²) >= 11 is 0. The van der Waals surface area contributed by atoms with Crippen molar-refractivity contribution in [2.75, 3.05) is 11.1 Å². The van der Waals surface area contributed by atoms with Gasteiger partial charge in [-0.1, -0.05) is 6.92 Å². The standard InChI is InChI=1S/C17H20N6O2/c1-9(2)22-17-20-7-11(8-21-17)12-5-14(10(3)4-15(24)25)23-16(19)13(12)6-18/h5,7-10H,4H2,1-3H3,(H2,19,23)(H,24,25)(H,20,21,22). The number of aliphatic carboxylic acids is 1. The Morgan fingerprint density at radius 3 is 2.52 bits per heavy atom. The predicted molar refractivity (Wildman–Crippen MR) is 93.8 cm³/mol. The number of pyridine rings is 1. The van der Waals surface area contributed by atoms with Gasteiger partial charge >= 0.3 is 5.97 Å². The third kappa shape index (κ3) is 4.41. The molecule has 0 saturated carbocycles. The van der Waals surface area contributed by atoms with Gasteiger partial charge in [0.15, 0.2) is 0 Å². The lowest BCUT2D eigenvalue weighted by atomic mass is 9.97. The van der Waals surface area contributed by atoms with E-state index in [0.29, 0.717) is 22.8 Å². The summed E-state index contributed by atoms with van der Waals surface area (Å²) in [6, 6.07) is 3.91. The molecule has 0 saturated heterocycles. The maximum absolute atomic E-state index is 10.9. The Morgan fingerprint density at radius 1 is 1.36 bits per heavy atom. The van der Waals surface area contributed by atoms with Gasteiger partial charge in [-0.25, -0.2) is 15.0 Å². The average Bonchev–Trinajstić information content (AvgIpc) is 2.53. The second-order valence-electron chi connectivity index (χ2n) is 6.06. The first kappa shape index (κ1) is 18.1. The number of rotatable bonds is 6. The highest BCUT2D eigenvalue weighted by molar-refractivity contribution is 5.75. The normalized spacial score (nSPS) is 11.8. The minimum atomic E-state index is -0.925. The highest BCUT2D eigenvalue weighted by atomic mass is 16.4. The maximum atomic E-state index is 10.9. The van der Waals surface area contributed by atoms with Crippen LogP contribution in [0.5, 0.6) is 0 Å². The van der Waals surface area contributed by atoms with Crippen molar-refractivity contribution in [3.05, 3.63) is 29.7 Å². The van der Waals surface area contributed by atoms with Gasteiger partial charge in [0.25, 0.3) is 0 Å². The van der Waals surface area contributed by atoms with E-state index in [1.165, 1.54) is 0 Å². The number of nitrogens with zero attached hydrogens (tertiary/aromatic N) is 4. The molecule has 2 heterocycles. The molecule has 4 N–H and O–H groups in total. The van der Waals surface area contributed by atoms with Crippen LogP contribution in [0, 0.1) is 11.3 Å². The number of carbonyl (C=O) groups is 1. The van der Waals surface area contributed by atoms with Crippen LogP contribution in [0.1, 0.15) is 44.4 Å². The molecule has 8 nitrogen and oxygen atoms in total. The number of hydrogen-bond acceptors (Lipinski definition) is 7. The number of carboxylic acids is 1. The van der Waals surface area contributed by atoms with Crippen LogP contribution in [0.2, 0.25) is 0 Å². The van der Waals surface area contributed by atoms with Crippen molar-refractivity contribution in [3.63, 3.8) is 0 Å². The molecule has 0 spiro atoms. The molecule has 0 aromatic carbocycles. The van der Waals surface area contributed by atoms with E-state index in [1.807, 2.05) is 19.9 Å². The van der Waals surface area contributed by atoms with Gasteiger partial charge in [-0.3, -0.25) is 4.79 Å². The molecule has 25 heavy (non-hydrogen) atoms. The zero-order valence-electron chi connectivity index (χ0n) is 14.3. The van der Waals surface area contributed by atoms with E-state index >= 15 is 0 Å². The molecule has 130 valence electrons. The molecule has 1 atom stereocenters. The third-order valence-corrected chi connectivity index (χ3v) is 3.55. The Kier molecular flexibility index (Phi) is 5.49. The van der Waals surface area contributed by atoms with Crippen molar-refractivity contribution in [1.82, 2.24) is 15.0 Å². The van der Waals surface area contributed by atoms with E-state index in [4.69, 9.17) is 10.8 Å². The van der Waals surface area contributed by atoms with Crippen molar-refractivity contribution in [3.8, 4) is 17.2 Å². The van der Waals surface area contributed by atoms with Crippen molar-refractivity contribution < 1.29 is 9.90 Å². The summed E-state index contributed by atoms with van der Waals surface area (Å²) in [5.74, 6) is -0.712. The molecule has 2 aromatic heterocycles. The van der Waals surface area contributed by atoms with Gasteiger partial charge in [-0.15, -0.1) is 0 Å². The lowest BCUT2D eigenvalue weighted by Crippen LogP contribution is -2.12. The molecule has 0 aliphatic rings. The molecular weight excluding hydrogens is 320 g/mol. The summed E-state index contributed by atoms with van der Waals surface area (Å²) in [5.41, 5.74) is 7.79. The minimum absolute atomic E-state index is 0.0663. The minimum Gasteiger partial charge on any atom is -0.481 e. The molecule has 0 fully saturated rings. The summed E-state index contributed by atoms with van der Waals surface area (Å²) in [5, 5.41) is 21.4. The Hall–Kier alpha value is -3.21. The highest BCUT2D eigenvalue weighted by Gasteiger charge is 2.18. The molecule has 1 unspecified atom stereocenters. The lowest BCUT2D eigenvalue weighted by Gasteiger charge is -2.14. The smallest absolute Gasteiger partial charge is 0.304 e. The zero-order valence-corrected chi connectivity index (χ0v) is 14.3. The van der Waals surface area contributed by atoms with Crippen LogP contribution in [0.3, 0.4) is 0 Å². The first-order valence-corrected chi connectivity index (χ1v) is 7.83. The largest absolute Gasteiger partial charge is 0.481 e. The summed E-state index contributed by atoms with van der Waals surface area (Å²) in [6.07, 6.45) is 3.11. The van der Waals surface area contributed by atoms with Crippen molar-refractivity contribution in [1.29, 1.82) is 5.26 Å². The highest BCUT2D eigenvalue weighted by Crippen LogP contribution is 2.30. The fraction of sp³-hybridized carbons (Fsp3) is 0.353. The van der Waals surface area contributed by atoms with Crippen LogP contribution in [0.15, 0.2) is 18.5 Å². The maximum Gasteiger partial charge on any atom is 0.304 e. The number of nitrogens with two attached hydrogens (primary N) is 1. The van der Waals surface area contributed by atoms with Crippen LogP contribution in [0.4, 0.5) is 11.8 Å². The molecule has 0 amide bonds. The number of nitrogens with one attached hydrogen (secondary N) is 1. The molecule has 2 rings (SSSR count). The molecule has 2 aromatic rings. The predicted octanol–water partition coefficient (Wildman–Crippen LogP) is 2.39. The second-order valence-corrected chi connectivity index (χ2v) is 6.06. The number of anilines is 2. The van der Waals surface area contributed by atoms with Gasteiger partial charge < -0.3 is 16.2 Å². The number of hydrogen-bond donors (Lipinski definition) is 3. The number of carboxylic acid groups (broad SMARTS) is 1. The molecule has 8 heteroatoms. The lowest BCUT2D eigenvalue weighted by molar-refractivity contribution is -0.137. The SMILES string of the molecule is CC(C)Nc1ncc(-c2cc(C(C)CC(=O)O)nc(N)c2C#N)cn1. The quantitative estimate of drug-likeness (QED) is 0.728. The van der Waals surface area contributed by atoms with Crippen molar-refractivity contribution in [2.45, 2.75) is 39.2 Å². The Labute approximate surface area is 145 Å². The Morgan fingerprint density at radius 2 is 2.00 bits per heavy atom. The topological polar surface area (TPSA) is 138 Å². The van der Waals surface area contributed by atoms with Crippen LogP contribution in [0.25, 0.3) is 11.1 Å². The Balaban J connectivity index is 2.46. The second kappa shape index (κ2) is 7.57. The van der Waals surface area contributed by atoms with Crippen LogP contribution in [-0.4, -0.2) is 32.1 Å². The van der Waals surface area contributed by atoms with Crippen molar-refractivity contribution in [2.24, 2.45) is 0 Å². The fourth-order valence-corrected chi connectivity index (χ4v) is 2.35. The first-order valence-electron chi connectivity index (χ1n) is 7.83. The molecule has 0 aliphatic heterocycles. The number of nitrogen functional groups attached to an aromatic ring is 1. The molecule has 0 bridgehead atoms. The van der Waals surface area contributed by atoms with E-state index in [1.54, 1.807) is 25.4 Å². The summed E-state index contributed by atoms with van der Waals surface area (Å²) < 4.78 is 0. The van der Waals surface area contributed by atoms with Crippen LogP contribution >= 0.6 is 0 Å². The van der Waals surface area contributed by atoms with Gasteiger partial charge in [0, 0.05) is 41.2 Å². The fourth-order valence-electron chi connectivity index (χ4n) is 2.35. The van der Waals surface area contributed by atoms with Gasteiger partial charge in [0.05, 0.1) is 6.42 Å². The van der Waals surface area contributed by atoms with Crippen LogP contribution in [-0.2, 0) is 4.79 Å². The van der Waals surface area contributed by atoms with E-state index in [-0.39, 0.29) is 29.8 Å². The van der Waals surface area contributed by atoms with E-state index < -0.39 is 5.97 Å². The Bertz CT molecular complexity index is 811. The summed E-state index contributed by atoms with van der Waals surface area (Å²) in [7, 11) is 0. The van der Waals surface area contributed by atoms with Gasteiger partial charge in [0.2, 0.25) is 5.95 Å².